The first kappa shape index (κ1) is 20.3. The van der Waals surface area contributed by atoms with Crippen molar-refractivity contribution < 1.29 is 18.0 Å². The van der Waals surface area contributed by atoms with Gasteiger partial charge in [-0.2, -0.15) is 0 Å². The standard InChI is InChI=1S/C21H23ClF3N3O/c22-19-18(26-13-28(19)17-3-1-2-16(23)12-17)14-6-10-27(11-7-14)20(29)15-4-8-21(24,25)9-5-15/h1-3,12-15H,4-11H2. The number of benzene rings is 1. The van der Waals surface area contributed by atoms with Gasteiger partial charge in [0.1, 0.15) is 17.3 Å². The number of amides is 1. The third-order valence-corrected chi connectivity index (χ3v) is 6.46. The van der Waals surface area contributed by atoms with Crippen molar-refractivity contribution in [3.63, 3.8) is 0 Å². The Morgan fingerprint density at radius 3 is 2.48 bits per heavy atom. The highest BCUT2D eigenvalue weighted by Gasteiger charge is 2.39. The molecule has 0 N–H and O–H groups in total. The summed E-state index contributed by atoms with van der Waals surface area (Å²) in [5.41, 5.74) is 1.36. The lowest BCUT2D eigenvalue weighted by atomic mass is 9.85. The zero-order valence-corrected chi connectivity index (χ0v) is 16.7. The van der Waals surface area contributed by atoms with E-state index in [1.54, 1.807) is 27.9 Å². The highest BCUT2D eigenvalue weighted by molar-refractivity contribution is 6.30. The van der Waals surface area contributed by atoms with E-state index < -0.39 is 5.92 Å². The van der Waals surface area contributed by atoms with Crippen LogP contribution in [0.2, 0.25) is 5.15 Å². The highest BCUT2D eigenvalue weighted by Crippen LogP contribution is 2.38. The van der Waals surface area contributed by atoms with E-state index in [2.05, 4.69) is 4.98 Å². The molecule has 1 saturated heterocycles. The predicted molar refractivity (Wildman–Crippen MR) is 104 cm³/mol. The van der Waals surface area contributed by atoms with Gasteiger partial charge in [-0.3, -0.25) is 9.36 Å². The summed E-state index contributed by atoms with van der Waals surface area (Å²) in [4.78, 5) is 18.9. The molecule has 1 amide bonds. The predicted octanol–water partition coefficient (Wildman–Crippen LogP) is 5.20. The summed E-state index contributed by atoms with van der Waals surface area (Å²) in [5, 5.41) is 0.454. The number of hydrogen-bond acceptors (Lipinski definition) is 2. The van der Waals surface area contributed by atoms with Gasteiger partial charge >= 0.3 is 0 Å². The number of halogens is 4. The number of carbonyl (C=O) groups is 1. The molecule has 1 aromatic carbocycles. The largest absolute Gasteiger partial charge is 0.342 e. The molecule has 1 aliphatic heterocycles. The lowest BCUT2D eigenvalue weighted by Crippen LogP contribution is -2.43. The summed E-state index contributed by atoms with van der Waals surface area (Å²) in [6, 6.07) is 6.14. The van der Waals surface area contributed by atoms with Gasteiger partial charge in [0, 0.05) is 37.8 Å². The fourth-order valence-electron chi connectivity index (χ4n) is 4.35. The molecule has 2 fully saturated rings. The molecule has 4 rings (SSSR count). The monoisotopic (exact) mass is 425 g/mol. The van der Waals surface area contributed by atoms with Crippen LogP contribution in [0, 0.1) is 11.7 Å². The van der Waals surface area contributed by atoms with Crippen molar-refractivity contribution >= 4 is 17.5 Å². The maximum atomic E-state index is 13.5. The normalized spacial score (nSPS) is 20.8. The first-order valence-electron chi connectivity index (χ1n) is 9.99. The number of nitrogens with zero attached hydrogens (tertiary/aromatic N) is 3. The Kier molecular flexibility index (Phi) is 5.60. The van der Waals surface area contributed by atoms with E-state index in [0.717, 1.165) is 5.69 Å². The highest BCUT2D eigenvalue weighted by atomic mass is 35.5. The average molecular weight is 426 g/mol. The van der Waals surface area contributed by atoms with Crippen LogP contribution in [0.25, 0.3) is 5.69 Å². The molecule has 2 aliphatic rings. The molecule has 29 heavy (non-hydrogen) atoms. The van der Waals surface area contributed by atoms with Gasteiger partial charge < -0.3 is 4.90 Å². The van der Waals surface area contributed by atoms with Crippen molar-refractivity contribution in [2.24, 2.45) is 5.92 Å². The topological polar surface area (TPSA) is 38.1 Å². The van der Waals surface area contributed by atoms with Crippen molar-refractivity contribution in [1.82, 2.24) is 14.5 Å². The van der Waals surface area contributed by atoms with Gasteiger partial charge in [-0.1, -0.05) is 17.7 Å². The number of hydrogen-bond donors (Lipinski definition) is 0. The summed E-state index contributed by atoms with van der Waals surface area (Å²) < 4.78 is 41.8. The van der Waals surface area contributed by atoms with Crippen LogP contribution in [0.15, 0.2) is 30.6 Å². The van der Waals surface area contributed by atoms with Crippen molar-refractivity contribution in [3.8, 4) is 5.69 Å². The minimum atomic E-state index is -2.62. The third-order valence-electron chi connectivity index (χ3n) is 6.08. The Labute approximate surface area is 172 Å². The summed E-state index contributed by atoms with van der Waals surface area (Å²) in [6.07, 6.45) is 3.14. The minimum absolute atomic E-state index is 0.00432. The number of carbonyl (C=O) groups excluding carboxylic acids is 1. The summed E-state index contributed by atoms with van der Waals surface area (Å²) in [5.74, 6) is -3.16. The molecule has 0 radical (unpaired) electrons. The molecule has 0 atom stereocenters. The van der Waals surface area contributed by atoms with E-state index >= 15 is 0 Å². The molecule has 4 nitrogen and oxygen atoms in total. The van der Waals surface area contributed by atoms with E-state index in [9.17, 15) is 18.0 Å². The number of rotatable bonds is 3. The Balaban J connectivity index is 1.38. The molecular formula is C21H23ClF3N3O. The van der Waals surface area contributed by atoms with Crippen LogP contribution in [-0.4, -0.2) is 39.4 Å². The van der Waals surface area contributed by atoms with Crippen LogP contribution in [0.5, 0.6) is 0 Å². The fraction of sp³-hybridized carbons (Fsp3) is 0.524. The number of imidazole rings is 1. The van der Waals surface area contributed by atoms with Crippen LogP contribution in [-0.2, 0) is 4.79 Å². The van der Waals surface area contributed by atoms with Crippen molar-refractivity contribution in [1.29, 1.82) is 0 Å². The second kappa shape index (κ2) is 8.01. The number of likely N-dealkylation sites (tertiary alicyclic amines) is 1. The van der Waals surface area contributed by atoms with Crippen LogP contribution < -0.4 is 0 Å². The van der Waals surface area contributed by atoms with E-state index in [-0.39, 0.29) is 49.2 Å². The number of piperidine rings is 1. The lowest BCUT2D eigenvalue weighted by Gasteiger charge is -2.36. The van der Waals surface area contributed by atoms with Crippen molar-refractivity contribution in [2.75, 3.05) is 13.1 Å². The first-order valence-corrected chi connectivity index (χ1v) is 10.4. The minimum Gasteiger partial charge on any atom is -0.342 e. The average Bonchev–Trinajstić information content (AvgIpc) is 3.09. The Hall–Kier alpha value is -2.02. The lowest BCUT2D eigenvalue weighted by molar-refractivity contribution is -0.140. The van der Waals surface area contributed by atoms with Gasteiger partial charge in [0.25, 0.3) is 0 Å². The fourth-order valence-corrected chi connectivity index (χ4v) is 4.69. The first-order chi connectivity index (χ1) is 13.8. The number of alkyl halides is 2. The second-order valence-electron chi connectivity index (χ2n) is 8.00. The van der Waals surface area contributed by atoms with E-state index in [0.29, 0.717) is 36.8 Å². The zero-order chi connectivity index (χ0) is 20.6. The van der Waals surface area contributed by atoms with Crippen molar-refractivity contribution in [2.45, 2.75) is 50.4 Å². The van der Waals surface area contributed by atoms with Gasteiger partial charge in [0.05, 0.1) is 11.4 Å². The molecular weight excluding hydrogens is 403 g/mol. The molecule has 0 bridgehead atoms. The van der Waals surface area contributed by atoms with E-state index in [4.69, 9.17) is 11.6 Å². The molecule has 156 valence electrons. The van der Waals surface area contributed by atoms with Gasteiger partial charge in [0.15, 0.2) is 0 Å². The second-order valence-corrected chi connectivity index (χ2v) is 8.36. The van der Waals surface area contributed by atoms with E-state index in [1.165, 1.54) is 12.1 Å². The van der Waals surface area contributed by atoms with Gasteiger partial charge in [-0.25, -0.2) is 18.2 Å². The van der Waals surface area contributed by atoms with Crippen LogP contribution in [0.1, 0.15) is 50.1 Å². The zero-order valence-electron chi connectivity index (χ0n) is 16.0. The summed E-state index contributed by atoms with van der Waals surface area (Å²) in [7, 11) is 0. The Morgan fingerprint density at radius 1 is 1.14 bits per heavy atom. The molecule has 0 spiro atoms. The molecule has 2 heterocycles. The quantitative estimate of drug-likeness (QED) is 0.678. The smallest absolute Gasteiger partial charge is 0.248 e. The SMILES string of the molecule is O=C(C1CCC(F)(F)CC1)N1CCC(c2ncn(-c3cccc(F)c3)c2Cl)CC1. The molecule has 1 aromatic heterocycles. The molecule has 2 aromatic rings. The van der Waals surface area contributed by atoms with Crippen LogP contribution >= 0.6 is 11.6 Å². The van der Waals surface area contributed by atoms with Crippen molar-refractivity contribution in [3.05, 3.63) is 47.3 Å². The number of aromatic nitrogens is 2. The van der Waals surface area contributed by atoms with Gasteiger partial charge in [-0.05, 0) is 43.9 Å². The Bertz CT molecular complexity index is 883. The third kappa shape index (κ3) is 4.29. The molecule has 0 unspecified atom stereocenters. The molecule has 1 aliphatic carbocycles. The summed E-state index contributed by atoms with van der Waals surface area (Å²) in [6.45, 7) is 1.14. The summed E-state index contributed by atoms with van der Waals surface area (Å²) >= 11 is 6.52. The maximum Gasteiger partial charge on any atom is 0.248 e. The van der Waals surface area contributed by atoms with Gasteiger partial charge in [0.2, 0.25) is 11.8 Å². The molecule has 1 saturated carbocycles. The maximum absolute atomic E-state index is 13.5. The van der Waals surface area contributed by atoms with E-state index in [1.807, 2.05) is 0 Å². The van der Waals surface area contributed by atoms with Gasteiger partial charge in [-0.15, -0.1) is 0 Å². The van der Waals surface area contributed by atoms with Crippen LogP contribution in [0.3, 0.4) is 0 Å². The Morgan fingerprint density at radius 2 is 1.83 bits per heavy atom. The van der Waals surface area contributed by atoms with Crippen LogP contribution in [0.4, 0.5) is 13.2 Å². The molecule has 8 heteroatoms.